The summed E-state index contributed by atoms with van der Waals surface area (Å²) in [5.74, 6) is 0.223. The maximum absolute atomic E-state index is 11.5. The van der Waals surface area contributed by atoms with Crippen molar-refractivity contribution >= 4 is 11.7 Å². The van der Waals surface area contributed by atoms with E-state index < -0.39 is 0 Å². The first-order valence-electron chi connectivity index (χ1n) is 5.22. The van der Waals surface area contributed by atoms with Crippen molar-refractivity contribution in [1.82, 2.24) is 4.90 Å². The van der Waals surface area contributed by atoms with Crippen molar-refractivity contribution in [3.63, 3.8) is 0 Å². The molecule has 1 heterocycles. The third-order valence-corrected chi connectivity index (χ3v) is 2.35. The molecule has 0 aromatic rings. The highest BCUT2D eigenvalue weighted by Crippen LogP contribution is 2.05. The summed E-state index contributed by atoms with van der Waals surface area (Å²) in [5.41, 5.74) is 0. The first kappa shape index (κ1) is 11.9. The zero-order valence-corrected chi connectivity index (χ0v) is 9.07. The number of piperidine rings is 1. The lowest BCUT2D eigenvalue weighted by Crippen LogP contribution is -2.40. The Bertz CT molecular complexity index is 251. The van der Waals surface area contributed by atoms with Gasteiger partial charge in [-0.1, -0.05) is 12.2 Å². The number of rotatable bonds is 4. The van der Waals surface area contributed by atoms with Crippen molar-refractivity contribution in [1.29, 1.82) is 0 Å². The molecule has 1 saturated heterocycles. The van der Waals surface area contributed by atoms with E-state index in [0.29, 0.717) is 32.5 Å². The van der Waals surface area contributed by atoms with Gasteiger partial charge in [0.25, 0.3) is 0 Å². The Morgan fingerprint density at radius 1 is 1.47 bits per heavy atom. The Balaban J connectivity index is 2.19. The molecule has 0 radical (unpaired) electrons. The Hall–Kier alpha value is -1.16. The van der Waals surface area contributed by atoms with Crippen LogP contribution in [0.5, 0.6) is 0 Å². The molecule has 1 amide bonds. The van der Waals surface area contributed by atoms with E-state index in [4.69, 9.17) is 4.74 Å². The van der Waals surface area contributed by atoms with Gasteiger partial charge in [0.15, 0.2) is 0 Å². The molecule has 0 aliphatic carbocycles. The third-order valence-electron chi connectivity index (χ3n) is 2.35. The van der Waals surface area contributed by atoms with Crippen LogP contribution in [0.1, 0.15) is 19.8 Å². The van der Waals surface area contributed by atoms with E-state index in [-0.39, 0.29) is 18.3 Å². The van der Waals surface area contributed by atoms with Gasteiger partial charge >= 0.3 is 0 Å². The second-order valence-electron chi connectivity index (χ2n) is 3.50. The van der Waals surface area contributed by atoms with Crippen molar-refractivity contribution in [2.75, 3.05) is 26.3 Å². The molecule has 1 rings (SSSR count). The van der Waals surface area contributed by atoms with Crippen LogP contribution in [0.3, 0.4) is 0 Å². The van der Waals surface area contributed by atoms with Gasteiger partial charge in [0.05, 0.1) is 6.61 Å². The van der Waals surface area contributed by atoms with Gasteiger partial charge in [-0.2, -0.15) is 0 Å². The minimum atomic E-state index is -0.0213. The van der Waals surface area contributed by atoms with E-state index in [1.807, 2.05) is 19.1 Å². The smallest absolute Gasteiger partial charge is 0.248 e. The highest BCUT2D eigenvalue weighted by molar-refractivity contribution is 5.83. The number of hydrogen-bond donors (Lipinski definition) is 0. The number of likely N-dealkylation sites (tertiary alicyclic amines) is 1. The molecule has 84 valence electrons. The second-order valence-corrected chi connectivity index (χ2v) is 3.50. The number of allylic oxidation sites excluding steroid dienone is 1. The monoisotopic (exact) mass is 211 g/mol. The number of amides is 1. The van der Waals surface area contributed by atoms with E-state index in [9.17, 15) is 9.59 Å². The second kappa shape index (κ2) is 6.35. The molecule has 0 atom stereocenters. The van der Waals surface area contributed by atoms with Crippen LogP contribution in [-0.2, 0) is 14.3 Å². The average molecular weight is 211 g/mol. The maximum atomic E-state index is 11.5. The van der Waals surface area contributed by atoms with Crippen LogP contribution < -0.4 is 0 Å². The molecule has 1 fully saturated rings. The summed E-state index contributed by atoms with van der Waals surface area (Å²) in [6.45, 7) is 3.57. The average Bonchev–Trinajstić information content (AvgIpc) is 2.25. The van der Waals surface area contributed by atoms with Crippen molar-refractivity contribution in [2.24, 2.45) is 0 Å². The molecule has 0 aromatic heterocycles. The molecular formula is C11H17NO3. The Kier molecular flexibility index (Phi) is 5.04. The van der Waals surface area contributed by atoms with Gasteiger partial charge in [0.1, 0.15) is 12.4 Å². The van der Waals surface area contributed by atoms with Crippen LogP contribution in [0.4, 0.5) is 0 Å². The molecule has 4 heteroatoms. The molecule has 0 spiro atoms. The number of Topliss-reactive ketones (excluding diaryl/α,β-unsaturated/α-hetero) is 1. The molecular weight excluding hydrogens is 194 g/mol. The predicted molar refractivity (Wildman–Crippen MR) is 56.5 cm³/mol. The molecule has 0 aromatic carbocycles. The Morgan fingerprint density at radius 3 is 2.73 bits per heavy atom. The number of ether oxygens (including phenoxy) is 1. The summed E-state index contributed by atoms with van der Waals surface area (Å²) in [6.07, 6.45) is 4.71. The van der Waals surface area contributed by atoms with Gasteiger partial charge in [-0.25, -0.2) is 0 Å². The van der Waals surface area contributed by atoms with Crippen LogP contribution in [0, 0.1) is 0 Å². The SMILES string of the molecule is CC=CCOCC(=O)N1CCC(=O)CC1. The van der Waals surface area contributed by atoms with Gasteiger partial charge in [0.2, 0.25) is 5.91 Å². The van der Waals surface area contributed by atoms with E-state index in [2.05, 4.69) is 0 Å². The topological polar surface area (TPSA) is 46.6 Å². The predicted octanol–water partition coefficient (Wildman–Crippen LogP) is 0.771. The largest absolute Gasteiger partial charge is 0.368 e. The van der Waals surface area contributed by atoms with E-state index in [1.165, 1.54) is 0 Å². The summed E-state index contributed by atoms with van der Waals surface area (Å²) in [6, 6.07) is 0. The fourth-order valence-electron chi connectivity index (χ4n) is 1.41. The van der Waals surface area contributed by atoms with Crippen LogP contribution in [0.15, 0.2) is 12.2 Å². The first-order chi connectivity index (χ1) is 7.24. The highest BCUT2D eigenvalue weighted by Gasteiger charge is 2.20. The minimum Gasteiger partial charge on any atom is -0.368 e. The summed E-state index contributed by atoms with van der Waals surface area (Å²) in [7, 11) is 0. The van der Waals surface area contributed by atoms with Crippen molar-refractivity contribution < 1.29 is 14.3 Å². The number of hydrogen-bond acceptors (Lipinski definition) is 3. The maximum Gasteiger partial charge on any atom is 0.248 e. The normalized spacial score (nSPS) is 17.4. The van der Waals surface area contributed by atoms with E-state index in [1.54, 1.807) is 4.90 Å². The molecule has 1 aliphatic rings. The zero-order chi connectivity index (χ0) is 11.1. The lowest BCUT2D eigenvalue weighted by Gasteiger charge is -2.25. The van der Waals surface area contributed by atoms with Crippen LogP contribution in [0.2, 0.25) is 0 Å². The Labute approximate surface area is 89.9 Å². The third kappa shape index (κ3) is 4.25. The lowest BCUT2D eigenvalue weighted by molar-refractivity contribution is -0.138. The first-order valence-corrected chi connectivity index (χ1v) is 5.22. The fourth-order valence-corrected chi connectivity index (χ4v) is 1.41. The minimum absolute atomic E-state index is 0.0213. The number of ketones is 1. The summed E-state index contributed by atoms with van der Waals surface area (Å²) in [4.78, 5) is 24.2. The highest BCUT2D eigenvalue weighted by atomic mass is 16.5. The molecule has 0 saturated carbocycles. The van der Waals surface area contributed by atoms with Gasteiger partial charge in [-0.15, -0.1) is 0 Å². The number of nitrogens with zero attached hydrogens (tertiary/aromatic N) is 1. The van der Waals surface area contributed by atoms with Crippen molar-refractivity contribution in [3.05, 3.63) is 12.2 Å². The number of carbonyl (C=O) groups is 2. The molecule has 0 N–H and O–H groups in total. The zero-order valence-electron chi connectivity index (χ0n) is 9.07. The van der Waals surface area contributed by atoms with Crippen molar-refractivity contribution in [2.45, 2.75) is 19.8 Å². The summed E-state index contributed by atoms with van der Waals surface area (Å²) < 4.78 is 5.15. The summed E-state index contributed by atoms with van der Waals surface area (Å²) in [5, 5.41) is 0. The molecule has 4 nitrogen and oxygen atoms in total. The van der Waals surface area contributed by atoms with Crippen LogP contribution in [0.25, 0.3) is 0 Å². The van der Waals surface area contributed by atoms with E-state index in [0.717, 1.165) is 0 Å². The standard InChI is InChI=1S/C11H17NO3/c1-2-3-8-15-9-11(14)12-6-4-10(13)5-7-12/h2-3H,4-9H2,1H3. The van der Waals surface area contributed by atoms with Crippen molar-refractivity contribution in [3.8, 4) is 0 Å². The molecule has 0 bridgehead atoms. The molecule has 0 unspecified atom stereocenters. The van der Waals surface area contributed by atoms with Crippen LogP contribution in [-0.4, -0.2) is 42.9 Å². The molecule has 15 heavy (non-hydrogen) atoms. The Morgan fingerprint density at radius 2 is 2.13 bits per heavy atom. The quantitative estimate of drug-likeness (QED) is 0.509. The fraction of sp³-hybridized carbons (Fsp3) is 0.636. The van der Waals surface area contributed by atoms with Gasteiger partial charge in [-0.3, -0.25) is 9.59 Å². The van der Waals surface area contributed by atoms with E-state index >= 15 is 0 Å². The van der Waals surface area contributed by atoms with Gasteiger partial charge in [0, 0.05) is 25.9 Å². The van der Waals surface area contributed by atoms with Gasteiger partial charge < -0.3 is 9.64 Å². The lowest BCUT2D eigenvalue weighted by atomic mass is 10.1. The summed E-state index contributed by atoms with van der Waals surface area (Å²) >= 11 is 0. The van der Waals surface area contributed by atoms with Gasteiger partial charge in [-0.05, 0) is 6.92 Å². The van der Waals surface area contributed by atoms with Crippen LogP contribution >= 0.6 is 0 Å². The number of carbonyl (C=O) groups excluding carboxylic acids is 2. The molecule has 1 aliphatic heterocycles.